The summed E-state index contributed by atoms with van der Waals surface area (Å²) in [6.45, 7) is 2.72. The Kier molecular flexibility index (Phi) is 4.85. The topological polar surface area (TPSA) is 109 Å². The third kappa shape index (κ3) is 3.35. The largest absolute Gasteiger partial charge is 0.394 e. The Morgan fingerprint density at radius 1 is 1.12 bits per heavy atom. The first-order valence-corrected chi connectivity index (χ1v) is 5.36. The maximum absolute atomic E-state index is 9.68. The van der Waals surface area contributed by atoms with Crippen LogP contribution in [-0.2, 0) is 14.2 Å². The van der Waals surface area contributed by atoms with Crippen molar-refractivity contribution >= 4 is 0 Å². The van der Waals surface area contributed by atoms with Crippen LogP contribution in [0, 0.1) is 0 Å². The number of methoxy groups -OCH3 is 1. The van der Waals surface area contributed by atoms with Crippen molar-refractivity contribution < 1.29 is 34.6 Å². The SMILES string of the molecule is COC(C)(C)OC1OC(CO)C(O)C(O)C1O. The molecule has 102 valence electrons. The molecule has 0 radical (unpaired) electrons. The first-order valence-electron chi connectivity index (χ1n) is 5.36. The summed E-state index contributed by atoms with van der Waals surface area (Å²) in [5, 5.41) is 37.7. The molecule has 0 saturated carbocycles. The van der Waals surface area contributed by atoms with Crippen molar-refractivity contribution in [1.29, 1.82) is 0 Å². The Labute approximate surface area is 99.5 Å². The van der Waals surface area contributed by atoms with Crippen molar-refractivity contribution in [1.82, 2.24) is 0 Å². The lowest BCUT2D eigenvalue weighted by Gasteiger charge is -2.42. The molecular weight excluding hydrogens is 232 g/mol. The van der Waals surface area contributed by atoms with E-state index in [0.29, 0.717) is 0 Å². The van der Waals surface area contributed by atoms with Gasteiger partial charge in [0, 0.05) is 7.11 Å². The first-order chi connectivity index (χ1) is 7.82. The zero-order valence-electron chi connectivity index (χ0n) is 10.1. The van der Waals surface area contributed by atoms with Crippen LogP contribution < -0.4 is 0 Å². The minimum Gasteiger partial charge on any atom is -0.394 e. The summed E-state index contributed by atoms with van der Waals surface area (Å²) < 4.78 is 15.5. The van der Waals surface area contributed by atoms with Crippen molar-refractivity contribution in [2.45, 2.75) is 50.3 Å². The molecule has 1 rings (SSSR count). The molecule has 0 bridgehead atoms. The molecule has 5 unspecified atom stereocenters. The van der Waals surface area contributed by atoms with E-state index in [2.05, 4.69) is 0 Å². The summed E-state index contributed by atoms with van der Waals surface area (Å²) in [6.07, 6.45) is -6.41. The lowest BCUT2D eigenvalue weighted by molar-refractivity contribution is -0.357. The summed E-state index contributed by atoms with van der Waals surface area (Å²) in [5.74, 6) is -1.02. The molecule has 17 heavy (non-hydrogen) atoms. The monoisotopic (exact) mass is 252 g/mol. The van der Waals surface area contributed by atoms with Gasteiger partial charge in [0.1, 0.15) is 24.4 Å². The quantitative estimate of drug-likeness (QED) is 0.436. The van der Waals surface area contributed by atoms with Crippen LogP contribution in [-0.4, -0.2) is 70.6 Å². The van der Waals surface area contributed by atoms with Gasteiger partial charge >= 0.3 is 0 Å². The lowest BCUT2D eigenvalue weighted by Crippen LogP contribution is -2.60. The minimum atomic E-state index is -1.45. The molecule has 7 nitrogen and oxygen atoms in total. The van der Waals surface area contributed by atoms with Gasteiger partial charge in [-0.3, -0.25) is 0 Å². The average molecular weight is 252 g/mol. The molecular formula is C10H20O7. The fourth-order valence-electron chi connectivity index (χ4n) is 1.49. The fourth-order valence-corrected chi connectivity index (χ4v) is 1.49. The molecule has 1 aliphatic rings. The van der Waals surface area contributed by atoms with Crippen LogP contribution >= 0.6 is 0 Å². The first kappa shape index (κ1) is 14.8. The molecule has 1 aliphatic heterocycles. The molecule has 1 heterocycles. The highest BCUT2D eigenvalue weighted by atomic mass is 16.8. The third-order valence-electron chi connectivity index (χ3n) is 2.74. The zero-order chi connectivity index (χ0) is 13.2. The van der Waals surface area contributed by atoms with Gasteiger partial charge in [-0.15, -0.1) is 0 Å². The highest BCUT2D eigenvalue weighted by molar-refractivity contribution is 4.89. The Balaban J connectivity index is 2.72. The maximum atomic E-state index is 9.68. The normalized spacial score (nSPS) is 39.4. The molecule has 0 aliphatic carbocycles. The van der Waals surface area contributed by atoms with Gasteiger partial charge in [0.05, 0.1) is 6.61 Å². The van der Waals surface area contributed by atoms with Crippen molar-refractivity contribution in [3.8, 4) is 0 Å². The van der Waals surface area contributed by atoms with Gasteiger partial charge in [-0.1, -0.05) is 0 Å². The van der Waals surface area contributed by atoms with E-state index in [1.807, 2.05) is 0 Å². The molecule has 0 amide bonds. The molecule has 7 heteroatoms. The van der Waals surface area contributed by atoms with Gasteiger partial charge in [0.15, 0.2) is 12.1 Å². The van der Waals surface area contributed by atoms with Crippen LogP contribution in [0.3, 0.4) is 0 Å². The van der Waals surface area contributed by atoms with Crippen LogP contribution in [0.2, 0.25) is 0 Å². The van der Waals surface area contributed by atoms with Gasteiger partial charge in [-0.05, 0) is 13.8 Å². The van der Waals surface area contributed by atoms with Crippen LogP contribution in [0.25, 0.3) is 0 Å². The van der Waals surface area contributed by atoms with Crippen LogP contribution in [0.5, 0.6) is 0 Å². The Morgan fingerprint density at radius 2 is 1.71 bits per heavy atom. The second kappa shape index (κ2) is 5.57. The summed E-state index contributed by atoms with van der Waals surface area (Å²) in [7, 11) is 1.42. The van der Waals surface area contributed by atoms with Gasteiger partial charge in [-0.25, -0.2) is 0 Å². The van der Waals surface area contributed by atoms with Gasteiger partial charge in [0.25, 0.3) is 0 Å². The molecule has 0 aromatic carbocycles. The number of rotatable bonds is 4. The number of ether oxygens (including phenoxy) is 3. The van der Waals surface area contributed by atoms with Crippen LogP contribution in [0.1, 0.15) is 13.8 Å². The molecule has 4 N–H and O–H groups in total. The van der Waals surface area contributed by atoms with E-state index in [-0.39, 0.29) is 0 Å². The molecule has 5 atom stereocenters. The summed E-state index contributed by atoms with van der Waals surface area (Å²) in [4.78, 5) is 0. The average Bonchev–Trinajstić information content (AvgIpc) is 2.30. The number of aliphatic hydroxyl groups excluding tert-OH is 4. The fraction of sp³-hybridized carbons (Fsp3) is 1.00. The summed E-state index contributed by atoms with van der Waals surface area (Å²) in [6, 6.07) is 0. The Bertz CT molecular complexity index is 243. The molecule has 0 aromatic rings. The van der Waals surface area contributed by atoms with Crippen molar-refractivity contribution in [2.75, 3.05) is 13.7 Å². The van der Waals surface area contributed by atoms with E-state index in [4.69, 9.17) is 19.3 Å². The van der Waals surface area contributed by atoms with E-state index in [1.165, 1.54) is 7.11 Å². The predicted molar refractivity (Wildman–Crippen MR) is 55.9 cm³/mol. The lowest BCUT2D eigenvalue weighted by atomic mass is 9.99. The molecule has 1 saturated heterocycles. The standard InChI is InChI=1S/C10H20O7/c1-10(2,15-3)17-9-8(14)7(13)6(12)5(4-11)16-9/h5-9,11-14H,4H2,1-3H3. The highest BCUT2D eigenvalue weighted by Gasteiger charge is 2.45. The Morgan fingerprint density at radius 3 is 2.18 bits per heavy atom. The van der Waals surface area contributed by atoms with Gasteiger partial charge in [0.2, 0.25) is 0 Å². The predicted octanol–water partition coefficient (Wildman–Crippen LogP) is -1.81. The van der Waals surface area contributed by atoms with Crippen LogP contribution in [0.15, 0.2) is 0 Å². The van der Waals surface area contributed by atoms with Crippen molar-refractivity contribution in [3.05, 3.63) is 0 Å². The number of aliphatic hydroxyl groups is 4. The zero-order valence-corrected chi connectivity index (χ0v) is 10.1. The number of hydrogen-bond donors (Lipinski definition) is 4. The van der Waals surface area contributed by atoms with Gasteiger partial charge < -0.3 is 34.6 Å². The van der Waals surface area contributed by atoms with Crippen molar-refractivity contribution in [2.24, 2.45) is 0 Å². The van der Waals surface area contributed by atoms with E-state index < -0.39 is 43.1 Å². The van der Waals surface area contributed by atoms with E-state index in [0.717, 1.165) is 0 Å². The third-order valence-corrected chi connectivity index (χ3v) is 2.74. The number of hydrogen-bond acceptors (Lipinski definition) is 7. The van der Waals surface area contributed by atoms with E-state index in [1.54, 1.807) is 13.8 Å². The maximum Gasteiger partial charge on any atom is 0.189 e. The van der Waals surface area contributed by atoms with Crippen LogP contribution in [0.4, 0.5) is 0 Å². The summed E-state index contributed by atoms with van der Waals surface area (Å²) >= 11 is 0. The van der Waals surface area contributed by atoms with E-state index in [9.17, 15) is 15.3 Å². The molecule has 0 aromatic heterocycles. The molecule has 1 fully saturated rings. The minimum absolute atomic E-state index is 0.488. The highest BCUT2D eigenvalue weighted by Crippen LogP contribution is 2.25. The Hall–Kier alpha value is -0.280. The second-order valence-electron chi connectivity index (χ2n) is 4.42. The second-order valence-corrected chi connectivity index (χ2v) is 4.42. The summed E-state index contributed by atoms with van der Waals surface area (Å²) in [5.41, 5.74) is 0. The van der Waals surface area contributed by atoms with Gasteiger partial charge in [-0.2, -0.15) is 0 Å². The van der Waals surface area contributed by atoms with E-state index >= 15 is 0 Å². The molecule has 0 spiro atoms. The van der Waals surface area contributed by atoms with Crippen molar-refractivity contribution in [3.63, 3.8) is 0 Å². The smallest absolute Gasteiger partial charge is 0.189 e.